The van der Waals surface area contributed by atoms with Crippen LogP contribution in [0.5, 0.6) is 0 Å². The third-order valence-corrected chi connectivity index (χ3v) is 4.61. The van der Waals surface area contributed by atoms with E-state index in [4.69, 9.17) is 0 Å². The molecule has 19 heavy (non-hydrogen) atoms. The van der Waals surface area contributed by atoms with E-state index in [1.54, 1.807) is 0 Å². The number of thiophene rings is 1. The molecule has 0 fully saturated rings. The van der Waals surface area contributed by atoms with Gasteiger partial charge in [-0.05, 0) is 31.5 Å². The fourth-order valence-corrected chi connectivity index (χ4v) is 3.16. The van der Waals surface area contributed by atoms with Gasteiger partial charge in [-0.25, -0.2) is 0 Å². The molecule has 0 saturated heterocycles. The van der Waals surface area contributed by atoms with Gasteiger partial charge in [-0.2, -0.15) is 0 Å². The first-order chi connectivity index (χ1) is 8.92. The highest BCUT2D eigenvalue weighted by atomic mass is 32.1. The number of nitrogens with one attached hydrogen (secondary N) is 1. The first kappa shape index (κ1) is 16.7. The third kappa shape index (κ3) is 6.07. The molecule has 1 atom stereocenters. The lowest BCUT2D eigenvalue weighted by Crippen LogP contribution is -2.23. The summed E-state index contributed by atoms with van der Waals surface area (Å²) in [5.41, 5.74) is 1.50. The Morgan fingerprint density at radius 2 is 2.00 bits per heavy atom. The highest BCUT2D eigenvalue weighted by Gasteiger charge is 2.10. The molecular formula is C16H30N2S. The molecule has 1 aromatic rings. The SMILES string of the molecule is CCC(C)CN(C)Cc1cc(CNC(C)C)sc1C. The quantitative estimate of drug-likeness (QED) is 0.774. The highest BCUT2D eigenvalue weighted by molar-refractivity contribution is 7.12. The monoisotopic (exact) mass is 282 g/mol. The molecule has 0 saturated carbocycles. The molecule has 1 N–H and O–H groups in total. The van der Waals surface area contributed by atoms with Gasteiger partial charge < -0.3 is 10.2 Å². The van der Waals surface area contributed by atoms with Gasteiger partial charge in [0.05, 0.1) is 0 Å². The van der Waals surface area contributed by atoms with E-state index >= 15 is 0 Å². The van der Waals surface area contributed by atoms with Crippen molar-refractivity contribution in [2.45, 2.75) is 60.2 Å². The van der Waals surface area contributed by atoms with E-state index in [0.29, 0.717) is 6.04 Å². The molecule has 2 nitrogen and oxygen atoms in total. The van der Waals surface area contributed by atoms with Gasteiger partial charge in [-0.1, -0.05) is 34.1 Å². The number of aryl methyl sites for hydroxylation is 1. The van der Waals surface area contributed by atoms with Gasteiger partial charge in [-0.15, -0.1) is 11.3 Å². The van der Waals surface area contributed by atoms with Gasteiger partial charge in [0.1, 0.15) is 0 Å². The predicted molar refractivity (Wildman–Crippen MR) is 86.8 cm³/mol. The van der Waals surface area contributed by atoms with Crippen LogP contribution in [0.4, 0.5) is 0 Å². The van der Waals surface area contributed by atoms with Crippen LogP contribution in [0.1, 0.15) is 49.4 Å². The van der Waals surface area contributed by atoms with Crippen molar-refractivity contribution >= 4 is 11.3 Å². The maximum absolute atomic E-state index is 3.49. The second kappa shape index (κ2) is 8.03. The Bertz CT molecular complexity index is 371. The number of hydrogen-bond acceptors (Lipinski definition) is 3. The molecule has 1 unspecified atom stereocenters. The Morgan fingerprint density at radius 3 is 2.58 bits per heavy atom. The average molecular weight is 282 g/mol. The summed E-state index contributed by atoms with van der Waals surface area (Å²) in [5.74, 6) is 0.783. The van der Waals surface area contributed by atoms with Gasteiger partial charge in [0.25, 0.3) is 0 Å². The molecule has 1 rings (SSSR count). The topological polar surface area (TPSA) is 15.3 Å². The smallest absolute Gasteiger partial charge is 0.0302 e. The third-order valence-electron chi connectivity index (χ3n) is 3.52. The van der Waals surface area contributed by atoms with E-state index in [9.17, 15) is 0 Å². The zero-order chi connectivity index (χ0) is 14.4. The Balaban J connectivity index is 2.53. The van der Waals surface area contributed by atoms with Crippen molar-refractivity contribution < 1.29 is 0 Å². The van der Waals surface area contributed by atoms with E-state index in [2.05, 4.69) is 57.9 Å². The standard InChI is InChI=1S/C16H30N2S/c1-7-13(4)10-18(6)11-15-8-16(19-14(15)5)9-17-12(2)3/h8,12-13,17H,7,9-11H2,1-6H3. The molecule has 110 valence electrons. The fourth-order valence-electron chi connectivity index (χ4n) is 2.15. The number of rotatable bonds is 8. The molecule has 0 radical (unpaired) electrons. The lowest BCUT2D eigenvalue weighted by atomic mass is 10.1. The van der Waals surface area contributed by atoms with Gasteiger partial charge in [0.2, 0.25) is 0 Å². The Labute approximate surface area is 123 Å². The van der Waals surface area contributed by atoms with Crippen LogP contribution in [0.2, 0.25) is 0 Å². The maximum Gasteiger partial charge on any atom is 0.0302 e. The first-order valence-corrected chi connectivity index (χ1v) is 8.24. The van der Waals surface area contributed by atoms with Crippen molar-refractivity contribution in [3.63, 3.8) is 0 Å². The van der Waals surface area contributed by atoms with Crippen molar-refractivity contribution in [3.05, 3.63) is 21.4 Å². The van der Waals surface area contributed by atoms with Gasteiger partial charge in [0.15, 0.2) is 0 Å². The summed E-state index contributed by atoms with van der Waals surface area (Å²) in [6.07, 6.45) is 1.26. The van der Waals surface area contributed by atoms with Crippen molar-refractivity contribution in [2.75, 3.05) is 13.6 Å². The minimum absolute atomic E-state index is 0.555. The summed E-state index contributed by atoms with van der Waals surface area (Å²) in [5, 5.41) is 3.49. The van der Waals surface area contributed by atoms with Crippen LogP contribution < -0.4 is 5.32 Å². The van der Waals surface area contributed by atoms with Crippen LogP contribution >= 0.6 is 11.3 Å². The molecule has 0 aromatic carbocycles. The minimum atomic E-state index is 0.555. The number of hydrogen-bond donors (Lipinski definition) is 1. The van der Waals surface area contributed by atoms with Crippen molar-refractivity contribution in [3.8, 4) is 0 Å². The zero-order valence-electron chi connectivity index (χ0n) is 13.4. The summed E-state index contributed by atoms with van der Waals surface area (Å²) in [6.45, 7) is 14.5. The van der Waals surface area contributed by atoms with E-state index < -0.39 is 0 Å². The van der Waals surface area contributed by atoms with Crippen LogP contribution in [0.3, 0.4) is 0 Å². The molecule has 0 spiro atoms. The Morgan fingerprint density at radius 1 is 1.32 bits per heavy atom. The fraction of sp³-hybridized carbons (Fsp3) is 0.750. The van der Waals surface area contributed by atoms with Gasteiger partial charge in [0, 0.05) is 35.4 Å². The zero-order valence-corrected chi connectivity index (χ0v) is 14.2. The van der Waals surface area contributed by atoms with Crippen molar-refractivity contribution in [1.82, 2.24) is 10.2 Å². The normalized spacial score (nSPS) is 13.5. The van der Waals surface area contributed by atoms with Crippen molar-refractivity contribution in [2.24, 2.45) is 5.92 Å². The first-order valence-electron chi connectivity index (χ1n) is 7.42. The molecule has 0 bridgehead atoms. The molecule has 0 aliphatic heterocycles. The minimum Gasteiger partial charge on any atom is -0.310 e. The van der Waals surface area contributed by atoms with Crippen LogP contribution in [-0.2, 0) is 13.1 Å². The second-order valence-electron chi connectivity index (χ2n) is 6.04. The van der Waals surface area contributed by atoms with Gasteiger partial charge >= 0.3 is 0 Å². The molecule has 1 heterocycles. The van der Waals surface area contributed by atoms with Crippen LogP contribution in [-0.4, -0.2) is 24.5 Å². The number of nitrogens with zero attached hydrogens (tertiary/aromatic N) is 1. The van der Waals surface area contributed by atoms with Crippen LogP contribution in [0.25, 0.3) is 0 Å². The average Bonchev–Trinajstić information content (AvgIpc) is 2.67. The van der Waals surface area contributed by atoms with E-state index in [1.807, 2.05) is 11.3 Å². The van der Waals surface area contributed by atoms with E-state index in [1.165, 1.54) is 28.3 Å². The molecule has 3 heteroatoms. The summed E-state index contributed by atoms with van der Waals surface area (Å²) in [6, 6.07) is 2.93. The summed E-state index contributed by atoms with van der Waals surface area (Å²) in [7, 11) is 2.23. The molecule has 0 amide bonds. The van der Waals surface area contributed by atoms with Crippen LogP contribution in [0, 0.1) is 12.8 Å². The van der Waals surface area contributed by atoms with Gasteiger partial charge in [-0.3, -0.25) is 0 Å². The highest BCUT2D eigenvalue weighted by Crippen LogP contribution is 2.23. The lowest BCUT2D eigenvalue weighted by molar-refractivity contribution is 0.275. The van der Waals surface area contributed by atoms with Crippen molar-refractivity contribution in [1.29, 1.82) is 0 Å². The second-order valence-corrected chi connectivity index (χ2v) is 7.38. The molecular weight excluding hydrogens is 252 g/mol. The summed E-state index contributed by atoms with van der Waals surface area (Å²) >= 11 is 1.93. The van der Waals surface area contributed by atoms with E-state index in [0.717, 1.165) is 19.0 Å². The molecule has 1 aromatic heterocycles. The maximum atomic E-state index is 3.49. The lowest BCUT2D eigenvalue weighted by Gasteiger charge is -2.20. The molecule has 0 aliphatic rings. The summed E-state index contributed by atoms with van der Waals surface area (Å²) in [4.78, 5) is 5.37. The van der Waals surface area contributed by atoms with E-state index in [-0.39, 0.29) is 0 Å². The summed E-state index contributed by atoms with van der Waals surface area (Å²) < 4.78 is 0. The Hall–Kier alpha value is -0.380. The largest absolute Gasteiger partial charge is 0.310 e. The van der Waals surface area contributed by atoms with Crippen LogP contribution in [0.15, 0.2) is 6.07 Å². The molecule has 0 aliphatic carbocycles. The predicted octanol–water partition coefficient (Wildman–Crippen LogP) is 4.03. The Kier molecular flexibility index (Phi) is 7.05.